The zero-order valence-corrected chi connectivity index (χ0v) is 7.75. The van der Waals surface area contributed by atoms with E-state index in [1.807, 2.05) is 0 Å². The zero-order valence-electron chi connectivity index (χ0n) is 7.75. The van der Waals surface area contributed by atoms with Crippen LogP contribution in [0.3, 0.4) is 0 Å². The third kappa shape index (κ3) is 3.10. The summed E-state index contributed by atoms with van der Waals surface area (Å²) in [5, 5.41) is 8.43. The average Bonchev–Trinajstić information content (AvgIpc) is 2.18. The van der Waals surface area contributed by atoms with Crippen molar-refractivity contribution in [3.8, 4) is 11.8 Å². The van der Waals surface area contributed by atoms with Gasteiger partial charge in [0, 0.05) is 0 Å². The van der Waals surface area contributed by atoms with Gasteiger partial charge in [-0.15, -0.1) is 13.2 Å². The largest absolute Gasteiger partial charge is 0.573 e. The molecular weight excluding hydrogens is 228 g/mol. The molecule has 0 amide bonds. The molecule has 0 aliphatic heterocycles. The second kappa shape index (κ2) is 4.37. The number of hydrogen-bond acceptors (Lipinski definition) is 3. The Balaban J connectivity index is 2.97. The molecule has 0 heterocycles. The molecule has 0 fully saturated rings. The van der Waals surface area contributed by atoms with Gasteiger partial charge in [0.15, 0.2) is 11.6 Å². The van der Waals surface area contributed by atoms with Crippen molar-refractivity contribution in [1.82, 2.24) is 0 Å². The number of hydrogen-bond donors (Lipinski definition) is 1. The maximum atomic E-state index is 13.1. The molecule has 0 bridgehead atoms. The van der Waals surface area contributed by atoms with Crippen LogP contribution in [0, 0.1) is 17.1 Å². The van der Waals surface area contributed by atoms with Crippen LogP contribution in [-0.2, 0) is 0 Å². The van der Waals surface area contributed by atoms with Crippen molar-refractivity contribution in [3.63, 3.8) is 0 Å². The van der Waals surface area contributed by atoms with Gasteiger partial charge in [0.2, 0.25) is 0 Å². The van der Waals surface area contributed by atoms with Crippen LogP contribution in [0.4, 0.5) is 17.6 Å². The summed E-state index contributed by atoms with van der Waals surface area (Å²) in [6.07, 6.45) is -4.96. The first-order valence-electron chi connectivity index (χ1n) is 4.04. The molecule has 0 saturated heterocycles. The van der Waals surface area contributed by atoms with Crippen LogP contribution < -0.4 is 10.5 Å². The minimum atomic E-state index is -4.96. The Kier molecular flexibility index (Phi) is 3.34. The SMILES string of the molecule is N#CC(N)c1ccc(OC(F)(F)F)c(F)c1. The highest BCUT2D eigenvalue weighted by Gasteiger charge is 2.32. The van der Waals surface area contributed by atoms with E-state index in [0.717, 1.165) is 18.2 Å². The first kappa shape index (κ1) is 12.3. The van der Waals surface area contributed by atoms with Gasteiger partial charge in [-0.1, -0.05) is 6.07 Å². The summed E-state index contributed by atoms with van der Waals surface area (Å²) in [7, 11) is 0. The molecule has 1 aromatic rings. The average molecular weight is 234 g/mol. The van der Waals surface area contributed by atoms with E-state index in [4.69, 9.17) is 11.0 Å². The third-order valence-corrected chi connectivity index (χ3v) is 1.68. The van der Waals surface area contributed by atoms with Gasteiger partial charge in [0.05, 0.1) is 6.07 Å². The maximum absolute atomic E-state index is 13.1. The number of rotatable bonds is 2. The first-order valence-corrected chi connectivity index (χ1v) is 4.04. The lowest BCUT2D eigenvalue weighted by atomic mass is 10.1. The van der Waals surface area contributed by atoms with E-state index in [1.165, 1.54) is 0 Å². The molecule has 2 N–H and O–H groups in total. The van der Waals surface area contributed by atoms with E-state index in [0.29, 0.717) is 0 Å². The summed E-state index contributed by atoms with van der Waals surface area (Å²) >= 11 is 0. The van der Waals surface area contributed by atoms with Gasteiger partial charge in [-0.3, -0.25) is 0 Å². The van der Waals surface area contributed by atoms with Crippen molar-refractivity contribution >= 4 is 0 Å². The lowest BCUT2D eigenvalue weighted by Crippen LogP contribution is -2.18. The normalized spacial score (nSPS) is 13.0. The molecule has 0 aliphatic carbocycles. The molecule has 1 atom stereocenters. The molecule has 0 aliphatic rings. The smallest absolute Gasteiger partial charge is 0.403 e. The molecule has 1 rings (SSSR count). The van der Waals surface area contributed by atoms with Crippen LogP contribution in [0.5, 0.6) is 5.75 Å². The van der Waals surface area contributed by atoms with Gasteiger partial charge >= 0.3 is 6.36 Å². The number of nitrogens with zero attached hydrogens (tertiary/aromatic N) is 1. The zero-order chi connectivity index (χ0) is 12.3. The molecule has 7 heteroatoms. The lowest BCUT2D eigenvalue weighted by molar-refractivity contribution is -0.275. The molecule has 0 spiro atoms. The van der Waals surface area contributed by atoms with Gasteiger partial charge in [0.1, 0.15) is 6.04 Å². The van der Waals surface area contributed by atoms with Gasteiger partial charge in [0.25, 0.3) is 0 Å². The van der Waals surface area contributed by atoms with Crippen LogP contribution in [0.1, 0.15) is 11.6 Å². The summed E-state index contributed by atoms with van der Waals surface area (Å²) in [5.41, 5.74) is 5.33. The highest BCUT2D eigenvalue weighted by atomic mass is 19.4. The predicted molar refractivity (Wildman–Crippen MR) is 45.6 cm³/mol. The Morgan fingerprint density at radius 2 is 2.00 bits per heavy atom. The minimum Gasteiger partial charge on any atom is -0.403 e. The molecule has 0 saturated carbocycles. The van der Waals surface area contributed by atoms with E-state index in [2.05, 4.69) is 4.74 Å². The van der Waals surface area contributed by atoms with Crippen molar-refractivity contribution in [2.24, 2.45) is 5.73 Å². The number of ether oxygens (including phenoxy) is 1. The summed E-state index contributed by atoms with van der Waals surface area (Å²) in [4.78, 5) is 0. The second-order valence-corrected chi connectivity index (χ2v) is 2.84. The van der Waals surface area contributed by atoms with Crippen molar-refractivity contribution < 1.29 is 22.3 Å². The van der Waals surface area contributed by atoms with Crippen LogP contribution >= 0.6 is 0 Å². The highest BCUT2D eigenvalue weighted by molar-refractivity contribution is 5.33. The maximum Gasteiger partial charge on any atom is 0.573 e. The Bertz CT molecular complexity index is 424. The monoisotopic (exact) mass is 234 g/mol. The minimum absolute atomic E-state index is 0.0783. The highest BCUT2D eigenvalue weighted by Crippen LogP contribution is 2.27. The van der Waals surface area contributed by atoms with Crippen LogP contribution in [-0.4, -0.2) is 6.36 Å². The van der Waals surface area contributed by atoms with Crippen LogP contribution in [0.2, 0.25) is 0 Å². The standard InChI is InChI=1S/C9H6F4N2O/c10-6-3-5(7(15)4-14)1-2-8(6)16-9(11,12)13/h1-3,7H,15H2. The Hall–Kier alpha value is -1.81. The quantitative estimate of drug-likeness (QED) is 0.798. The number of alkyl halides is 3. The van der Waals surface area contributed by atoms with E-state index in [-0.39, 0.29) is 5.56 Å². The van der Waals surface area contributed by atoms with E-state index >= 15 is 0 Å². The van der Waals surface area contributed by atoms with Crippen molar-refractivity contribution in [1.29, 1.82) is 5.26 Å². The molecule has 0 aromatic heterocycles. The molecule has 0 radical (unpaired) electrons. The fraction of sp³-hybridized carbons (Fsp3) is 0.222. The fourth-order valence-corrected chi connectivity index (χ4v) is 0.993. The van der Waals surface area contributed by atoms with E-state index < -0.39 is 24.0 Å². The third-order valence-electron chi connectivity index (χ3n) is 1.68. The summed E-state index contributed by atoms with van der Waals surface area (Å²) in [6, 6.07) is 3.14. The van der Waals surface area contributed by atoms with Gasteiger partial charge in [-0.2, -0.15) is 5.26 Å². The van der Waals surface area contributed by atoms with Crippen LogP contribution in [0.25, 0.3) is 0 Å². The second-order valence-electron chi connectivity index (χ2n) is 2.84. The number of benzene rings is 1. The van der Waals surface area contributed by atoms with Crippen molar-refractivity contribution in [2.45, 2.75) is 12.4 Å². The fourth-order valence-electron chi connectivity index (χ4n) is 0.993. The Labute approximate surface area is 88.0 Å². The number of halogens is 4. The van der Waals surface area contributed by atoms with Gasteiger partial charge in [-0.05, 0) is 17.7 Å². The lowest BCUT2D eigenvalue weighted by Gasteiger charge is -2.10. The Morgan fingerprint density at radius 1 is 1.38 bits per heavy atom. The predicted octanol–water partition coefficient (Wildman–Crippen LogP) is 2.25. The number of nitriles is 1. The summed E-state index contributed by atoms with van der Waals surface area (Å²) in [6.45, 7) is 0. The van der Waals surface area contributed by atoms with Crippen molar-refractivity contribution in [3.05, 3.63) is 29.6 Å². The van der Waals surface area contributed by atoms with Crippen molar-refractivity contribution in [2.75, 3.05) is 0 Å². The van der Waals surface area contributed by atoms with E-state index in [9.17, 15) is 17.6 Å². The molecule has 16 heavy (non-hydrogen) atoms. The molecule has 1 unspecified atom stereocenters. The Morgan fingerprint density at radius 3 is 2.44 bits per heavy atom. The molecule has 3 nitrogen and oxygen atoms in total. The summed E-state index contributed by atoms with van der Waals surface area (Å²) in [5.74, 6) is -2.18. The van der Waals surface area contributed by atoms with Crippen LogP contribution in [0.15, 0.2) is 18.2 Å². The summed E-state index contributed by atoms with van der Waals surface area (Å²) < 4.78 is 51.8. The molecular formula is C9H6F4N2O. The van der Waals surface area contributed by atoms with Gasteiger partial charge < -0.3 is 10.5 Å². The number of nitrogens with two attached hydrogens (primary N) is 1. The first-order chi connectivity index (χ1) is 7.33. The molecule has 1 aromatic carbocycles. The topological polar surface area (TPSA) is 59.0 Å². The van der Waals surface area contributed by atoms with Gasteiger partial charge in [-0.25, -0.2) is 4.39 Å². The molecule has 86 valence electrons. The van der Waals surface area contributed by atoms with E-state index in [1.54, 1.807) is 6.07 Å².